The number of ether oxygens (including phenoxy) is 1. The lowest BCUT2D eigenvalue weighted by atomic mass is 10.1. The van der Waals surface area contributed by atoms with E-state index in [1.54, 1.807) is 0 Å². The second-order valence-electron chi connectivity index (χ2n) is 3.96. The smallest absolute Gasteiger partial charge is 0.166 e. The van der Waals surface area contributed by atoms with Crippen LogP contribution in [0.15, 0.2) is 57.5 Å². The molecule has 0 atom stereocenters. The van der Waals surface area contributed by atoms with Crippen LogP contribution in [-0.2, 0) is 0 Å². The third-order valence-electron chi connectivity index (χ3n) is 2.58. The number of rotatable bonds is 5. The molecule has 2 aromatic rings. The Kier molecular flexibility index (Phi) is 5.16. The fourth-order valence-corrected chi connectivity index (χ4v) is 2.78. The van der Waals surface area contributed by atoms with E-state index >= 15 is 0 Å². The topological polar surface area (TPSA) is 26.3 Å². The van der Waals surface area contributed by atoms with Gasteiger partial charge in [-0.1, -0.05) is 46.3 Å². The highest BCUT2D eigenvalue weighted by Crippen LogP contribution is 2.28. The Balaban J connectivity index is 1.88. The Morgan fingerprint density at radius 1 is 1.05 bits per heavy atom. The van der Waals surface area contributed by atoms with E-state index in [0.29, 0.717) is 13.0 Å². The van der Waals surface area contributed by atoms with Crippen molar-refractivity contribution in [2.45, 2.75) is 6.42 Å². The van der Waals surface area contributed by atoms with Crippen LogP contribution >= 0.6 is 31.9 Å². The van der Waals surface area contributed by atoms with E-state index in [4.69, 9.17) is 4.74 Å². The molecule has 4 heteroatoms. The molecule has 0 N–H and O–H groups in total. The summed E-state index contributed by atoms with van der Waals surface area (Å²) >= 11 is 6.80. The summed E-state index contributed by atoms with van der Waals surface area (Å²) in [5.74, 6) is 0.831. The molecule has 0 aliphatic carbocycles. The maximum absolute atomic E-state index is 11.9. The molecule has 0 spiro atoms. The maximum Gasteiger partial charge on any atom is 0.166 e. The molecule has 0 aromatic heterocycles. The van der Waals surface area contributed by atoms with E-state index in [-0.39, 0.29) is 5.78 Å². The van der Waals surface area contributed by atoms with Crippen molar-refractivity contribution in [3.8, 4) is 5.75 Å². The highest BCUT2D eigenvalue weighted by molar-refractivity contribution is 9.11. The predicted molar refractivity (Wildman–Crippen MR) is 82.7 cm³/mol. The minimum atomic E-state index is 0.0915. The first kappa shape index (κ1) is 14.3. The Morgan fingerprint density at radius 2 is 1.79 bits per heavy atom. The standard InChI is InChI=1S/C15H12Br2O2/c16-12-6-7-15(13(17)10-12)19-9-8-14(18)11-4-2-1-3-5-11/h1-7,10H,8-9H2. The second-order valence-corrected chi connectivity index (χ2v) is 5.73. The molecule has 2 aromatic carbocycles. The van der Waals surface area contributed by atoms with Crippen LogP contribution in [0.5, 0.6) is 5.75 Å². The number of benzene rings is 2. The third-order valence-corrected chi connectivity index (χ3v) is 3.69. The van der Waals surface area contributed by atoms with Crippen molar-refractivity contribution in [3.63, 3.8) is 0 Å². The number of Topliss-reactive ketones (excluding diaryl/α,β-unsaturated/α-hetero) is 1. The monoisotopic (exact) mass is 382 g/mol. The van der Waals surface area contributed by atoms with Crippen LogP contribution in [0.4, 0.5) is 0 Å². The van der Waals surface area contributed by atoms with Gasteiger partial charge in [0, 0.05) is 16.5 Å². The van der Waals surface area contributed by atoms with Crippen molar-refractivity contribution in [2.75, 3.05) is 6.61 Å². The first-order valence-corrected chi connectivity index (χ1v) is 7.41. The van der Waals surface area contributed by atoms with E-state index in [0.717, 1.165) is 20.3 Å². The quantitative estimate of drug-likeness (QED) is 0.689. The predicted octanol–water partition coefficient (Wildman–Crippen LogP) is 4.86. The molecule has 0 aliphatic rings. The normalized spacial score (nSPS) is 10.2. The summed E-state index contributed by atoms with van der Waals surface area (Å²) < 4.78 is 7.44. The second kappa shape index (κ2) is 6.87. The molecule has 2 rings (SSSR count). The van der Waals surface area contributed by atoms with Gasteiger partial charge in [0.05, 0.1) is 11.1 Å². The molecule has 0 radical (unpaired) electrons. The molecule has 0 saturated heterocycles. The van der Waals surface area contributed by atoms with Crippen LogP contribution in [0.1, 0.15) is 16.8 Å². The molecule has 2 nitrogen and oxygen atoms in total. The summed E-state index contributed by atoms with van der Waals surface area (Å²) in [5.41, 5.74) is 0.723. The summed E-state index contributed by atoms with van der Waals surface area (Å²) in [4.78, 5) is 11.9. The van der Waals surface area contributed by atoms with Gasteiger partial charge in [-0.25, -0.2) is 0 Å². The number of carbonyl (C=O) groups is 1. The minimum absolute atomic E-state index is 0.0915. The van der Waals surface area contributed by atoms with Crippen LogP contribution in [0.2, 0.25) is 0 Å². The summed E-state index contributed by atoms with van der Waals surface area (Å²) in [6, 6.07) is 14.9. The number of carbonyl (C=O) groups excluding carboxylic acids is 1. The van der Waals surface area contributed by atoms with Gasteiger partial charge in [0.25, 0.3) is 0 Å². The van der Waals surface area contributed by atoms with E-state index in [1.807, 2.05) is 48.5 Å². The average molecular weight is 384 g/mol. The van der Waals surface area contributed by atoms with E-state index in [1.165, 1.54) is 0 Å². The van der Waals surface area contributed by atoms with Crippen molar-refractivity contribution in [1.29, 1.82) is 0 Å². The van der Waals surface area contributed by atoms with Crippen LogP contribution in [0, 0.1) is 0 Å². The molecule has 0 unspecified atom stereocenters. The Labute approximate surface area is 129 Å². The van der Waals surface area contributed by atoms with Gasteiger partial charge in [-0.3, -0.25) is 4.79 Å². The van der Waals surface area contributed by atoms with Crippen molar-refractivity contribution in [3.05, 3.63) is 63.0 Å². The number of hydrogen-bond donors (Lipinski definition) is 0. The van der Waals surface area contributed by atoms with Gasteiger partial charge in [0.2, 0.25) is 0 Å². The fourth-order valence-electron chi connectivity index (χ4n) is 1.61. The Morgan fingerprint density at radius 3 is 2.47 bits per heavy atom. The molecule has 0 heterocycles. The summed E-state index contributed by atoms with van der Waals surface area (Å²) in [6.45, 7) is 0.369. The first-order chi connectivity index (χ1) is 9.16. The van der Waals surface area contributed by atoms with Gasteiger partial charge in [0.15, 0.2) is 5.78 Å². The van der Waals surface area contributed by atoms with Crippen LogP contribution in [-0.4, -0.2) is 12.4 Å². The Hall–Kier alpha value is -1.13. The number of hydrogen-bond acceptors (Lipinski definition) is 2. The summed E-state index contributed by atoms with van der Waals surface area (Å²) in [7, 11) is 0. The first-order valence-electron chi connectivity index (χ1n) is 5.83. The van der Waals surface area contributed by atoms with Crippen molar-refractivity contribution >= 4 is 37.6 Å². The summed E-state index contributed by atoms with van der Waals surface area (Å²) in [5, 5.41) is 0. The minimum Gasteiger partial charge on any atom is -0.492 e. The zero-order chi connectivity index (χ0) is 13.7. The molecule has 0 fully saturated rings. The molecule has 0 bridgehead atoms. The van der Waals surface area contributed by atoms with Gasteiger partial charge in [-0.2, -0.15) is 0 Å². The third kappa shape index (κ3) is 4.18. The van der Waals surface area contributed by atoms with E-state index in [9.17, 15) is 4.79 Å². The molecular formula is C15H12Br2O2. The molecule has 0 amide bonds. The SMILES string of the molecule is O=C(CCOc1ccc(Br)cc1Br)c1ccccc1. The maximum atomic E-state index is 11.9. The Bertz CT molecular complexity index is 568. The van der Waals surface area contributed by atoms with E-state index in [2.05, 4.69) is 31.9 Å². The van der Waals surface area contributed by atoms with Gasteiger partial charge in [-0.15, -0.1) is 0 Å². The highest BCUT2D eigenvalue weighted by atomic mass is 79.9. The lowest BCUT2D eigenvalue weighted by molar-refractivity contribution is 0.0962. The molecule has 19 heavy (non-hydrogen) atoms. The summed E-state index contributed by atoms with van der Waals surface area (Å²) in [6.07, 6.45) is 0.368. The molecule has 0 aliphatic heterocycles. The lowest BCUT2D eigenvalue weighted by Gasteiger charge is -2.08. The van der Waals surface area contributed by atoms with Crippen LogP contribution < -0.4 is 4.74 Å². The molecule has 0 saturated carbocycles. The number of halogens is 2. The highest BCUT2D eigenvalue weighted by Gasteiger charge is 2.06. The van der Waals surface area contributed by atoms with E-state index < -0.39 is 0 Å². The largest absolute Gasteiger partial charge is 0.492 e. The van der Waals surface area contributed by atoms with Crippen LogP contribution in [0.25, 0.3) is 0 Å². The van der Waals surface area contributed by atoms with Crippen LogP contribution in [0.3, 0.4) is 0 Å². The van der Waals surface area contributed by atoms with Gasteiger partial charge in [-0.05, 0) is 34.1 Å². The molecule has 98 valence electrons. The zero-order valence-corrected chi connectivity index (χ0v) is 13.3. The zero-order valence-electron chi connectivity index (χ0n) is 10.1. The average Bonchev–Trinajstić information content (AvgIpc) is 2.42. The van der Waals surface area contributed by atoms with Gasteiger partial charge < -0.3 is 4.74 Å². The van der Waals surface area contributed by atoms with Gasteiger partial charge >= 0.3 is 0 Å². The van der Waals surface area contributed by atoms with Crippen molar-refractivity contribution < 1.29 is 9.53 Å². The van der Waals surface area contributed by atoms with Crippen molar-refractivity contribution in [2.24, 2.45) is 0 Å². The van der Waals surface area contributed by atoms with Gasteiger partial charge in [0.1, 0.15) is 5.75 Å². The fraction of sp³-hybridized carbons (Fsp3) is 0.133. The lowest BCUT2D eigenvalue weighted by Crippen LogP contribution is -2.06. The van der Waals surface area contributed by atoms with Crippen molar-refractivity contribution in [1.82, 2.24) is 0 Å². The molecular weight excluding hydrogens is 372 g/mol. The number of ketones is 1.